The first-order valence-corrected chi connectivity index (χ1v) is 12.7. The number of benzene rings is 2. The Morgan fingerprint density at radius 1 is 0.771 bits per heavy atom. The third kappa shape index (κ3) is 6.35. The van der Waals surface area contributed by atoms with Crippen LogP contribution in [0.25, 0.3) is 0 Å². The summed E-state index contributed by atoms with van der Waals surface area (Å²) in [5.41, 5.74) is 1.53. The zero-order chi connectivity index (χ0) is 25.0. The van der Waals surface area contributed by atoms with Gasteiger partial charge in [0.05, 0.1) is 18.6 Å². The van der Waals surface area contributed by atoms with E-state index in [-0.39, 0.29) is 11.8 Å². The number of ether oxygens (including phenoxy) is 2. The Morgan fingerprint density at radius 3 is 1.89 bits per heavy atom. The quantitative estimate of drug-likeness (QED) is 0.269. The molecule has 7 heteroatoms. The Balaban J connectivity index is 1.26. The highest BCUT2D eigenvalue weighted by Gasteiger charge is 2.45. The maximum Gasteiger partial charge on any atom is 0.358 e. The Hall–Kier alpha value is -2.15. The number of alkyl halides is 2. The molecule has 0 spiro atoms. The third-order valence-electron chi connectivity index (χ3n) is 7.50. The molecular formula is C28H33F5O2. The van der Waals surface area contributed by atoms with Crippen LogP contribution >= 0.6 is 0 Å². The van der Waals surface area contributed by atoms with E-state index in [1.807, 2.05) is 24.3 Å². The van der Waals surface area contributed by atoms with Crippen LogP contribution in [0.3, 0.4) is 0 Å². The standard InChI is InChI=1S/C28H33F5O2/c1-2-15-34-23-11-5-19(6-12-23)18-3-9-22(10-4-18)28(32,33)35-24-13-7-20(8-14-24)21-16-25(29)27(31)26(30)17-21/h5-6,11-12,16-18,20,22,24H,2-4,7-10,13-15H2,1H3. The monoisotopic (exact) mass is 496 g/mol. The predicted molar refractivity (Wildman–Crippen MR) is 124 cm³/mol. The van der Waals surface area contributed by atoms with Gasteiger partial charge in [0.2, 0.25) is 0 Å². The molecule has 0 saturated heterocycles. The molecule has 0 bridgehead atoms. The molecule has 2 aromatic carbocycles. The van der Waals surface area contributed by atoms with Crippen LogP contribution in [-0.4, -0.2) is 18.8 Å². The maximum absolute atomic E-state index is 15.0. The summed E-state index contributed by atoms with van der Waals surface area (Å²) in [6.07, 6.45) is 1.01. The van der Waals surface area contributed by atoms with E-state index >= 15 is 0 Å². The highest BCUT2D eigenvalue weighted by molar-refractivity contribution is 5.30. The molecule has 2 aliphatic rings. The van der Waals surface area contributed by atoms with Crippen molar-refractivity contribution in [3.05, 3.63) is 65.0 Å². The van der Waals surface area contributed by atoms with E-state index in [1.54, 1.807) is 0 Å². The van der Waals surface area contributed by atoms with Gasteiger partial charge in [-0.2, -0.15) is 8.78 Å². The van der Waals surface area contributed by atoms with E-state index in [2.05, 4.69) is 6.92 Å². The van der Waals surface area contributed by atoms with Crippen molar-refractivity contribution in [2.45, 2.75) is 88.8 Å². The van der Waals surface area contributed by atoms with E-state index in [9.17, 15) is 22.0 Å². The van der Waals surface area contributed by atoms with E-state index in [0.29, 0.717) is 63.5 Å². The molecule has 0 aliphatic heterocycles. The van der Waals surface area contributed by atoms with E-state index in [0.717, 1.165) is 29.9 Å². The predicted octanol–water partition coefficient (Wildman–Crippen LogP) is 8.50. The molecule has 2 fully saturated rings. The fraction of sp³-hybridized carbons (Fsp3) is 0.571. The zero-order valence-electron chi connectivity index (χ0n) is 20.1. The van der Waals surface area contributed by atoms with Gasteiger partial charge in [-0.3, -0.25) is 0 Å². The molecule has 0 unspecified atom stereocenters. The van der Waals surface area contributed by atoms with Crippen molar-refractivity contribution >= 4 is 0 Å². The first kappa shape index (κ1) is 25.9. The lowest BCUT2D eigenvalue weighted by Crippen LogP contribution is -2.38. The molecule has 0 radical (unpaired) electrons. The van der Waals surface area contributed by atoms with Crippen LogP contribution in [0, 0.1) is 23.4 Å². The lowest BCUT2D eigenvalue weighted by Gasteiger charge is -2.37. The van der Waals surface area contributed by atoms with Gasteiger partial charge in [0, 0.05) is 0 Å². The number of hydrogen-bond donors (Lipinski definition) is 0. The average Bonchev–Trinajstić information content (AvgIpc) is 2.86. The molecule has 4 rings (SSSR count). The number of rotatable bonds is 8. The van der Waals surface area contributed by atoms with Crippen molar-refractivity contribution < 1.29 is 31.4 Å². The summed E-state index contributed by atoms with van der Waals surface area (Å²) in [6.45, 7) is 2.72. The summed E-state index contributed by atoms with van der Waals surface area (Å²) in [5, 5.41) is 0. The van der Waals surface area contributed by atoms with Gasteiger partial charge in [-0.15, -0.1) is 0 Å². The van der Waals surface area contributed by atoms with E-state index in [4.69, 9.17) is 9.47 Å². The Bertz CT molecular complexity index is 939. The van der Waals surface area contributed by atoms with Crippen molar-refractivity contribution in [1.29, 1.82) is 0 Å². The van der Waals surface area contributed by atoms with E-state index < -0.39 is 35.6 Å². The second-order valence-corrected chi connectivity index (χ2v) is 9.92. The van der Waals surface area contributed by atoms with Gasteiger partial charge in [-0.1, -0.05) is 19.1 Å². The molecule has 0 heterocycles. The summed E-state index contributed by atoms with van der Waals surface area (Å²) < 4.78 is 81.2. The minimum Gasteiger partial charge on any atom is -0.494 e. The van der Waals surface area contributed by atoms with Crippen LogP contribution in [0.5, 0.6) is 5.75 Å². The zero-order valence-corrected chi connectivity index (χ0v) is 20.1. The van der Waals surface area contributed by atoms with Crippen LogP contribution in [0.15, 0.2) is 36.4 Å². The topological polar surface area (TPSA) is 18.5 Å². The van der Waals surface area contributed by atoms with Crippen LogP contribution in [0.4, 0.5) is 22.0 Å². The maximum atomic E-state index is 15.0. The van der Waals surface area contributed by atoms with E-state index in [1.165, 1.54) is 0 Å². The van der Waals surface area contributed by atoms with Gasteiger partial charge in [-0.25, -0.2) is 13.2 Å². The fourth-order valence-corrected chi connectivity index (χ4v) is 5.46. The summed E-state index contributed by atoms with van der Waals surface area (Å²) >= 11 is 0. The molecule has 2 aromatic rings. The van der Waals surface area contributed by atoms with Crippen LogP contribution < -0.4 is 4.74 Å². The first-order valence-electron chi connectivity index (χ1n) is 12.7. The molecular weight excluding hydrogens is 463 g/mol. The van der Waals surface area contributed by atoms with Gasteiger partial charge in [0.15, 0.2) is 17.5 Å². The highest BCUT2D eigenvalue weighted by atomic mass is 19.3. The van der Waals surface area contributed by atoms with Gasteiger partial charge in [-0.05, 0) is 105 Å². The molecule has 0 aromatic heterocycles. The van der Waals surface area contributed by atoms with Gasteiger partial charge in [0.1, 0.15) is 5.75 Å². The van der Waals surface area contributed by atoms with Crippen molar-refractivity contribution in [3.63, 3.8) is 0 Å². The van der Waals surface area contributed by atoms with Crippen molar-refractivity contribution in [2.75, 3.05) is 6.61 Å². The molecule has 2 aliphatic carbocycles. The molecule has 0 N–H and O–H groups in total. The fourth-order valence-electron chi connectivity index (χ4n) is 5.46. The largest absolute Gasteiger partial charge is 0.494 e. The van der Waals surface area contributed by atoms with Crippen LogP contribution in [-0.2, 0) is 4.74 Å². The summed E-state index contributed by atoms with van der Waals surface area (Å²) in [4.78, 5) is 0. The summed E-state index contributed by atoms with van der Waals surface area (Å²) in [6, 6.07) is 9.95. The second-order valence-electron chi connectivity index (χ2n) is 9.92. The normalized spacial score (nSPS) is 25.4. The summed E-state index contributed by atoms with van der Waals surface area (Å²) in [5.74, 6) is -3.85. The second kappa shape index (κ2) is 11.3. The molecule has 2 saturated carbocycles. The molecule has 0 amide bonds. The number of halogens is 5. The van der Waals surface area contributed by atoms with Crippen LogP contribution in [0.1, 0.15) is 87.7 Å². The Labute approximate surface area is 203 Å². The van der Waals surface area contributed by atoms with Crippen molar-refractivity contribution in [2.24, 2.45) is 5.92 Å². The SMILES string of the molecule is CCCOc1ccc(C2CCC(C(F)(F)OC3CCC(c4cc(F)c(F)c(F)c4)CC3)CC2)cc1. The molecule has 0 atom stereocenters. The minimum atomic E-state index is -3.20. The van der Waals surface area contributed by atoms with Gasteiger partial charge in [0.25, 0.3) is 0 Å². The van der Waals surface area contributed by atoms with Crippen LogP contribution in [0.2, 0.25) is 0 Å². The third-order valence-corrected chi connectivity index (χ3v) is 7.50. The Morgan fingerprint density at radius 2 is 1.31 bits per heavy atom. The molecule has 2 nitrogen and oxygen atoms in total. The van der Waals surface area contributed by atoms with Crippen molar-refractivity contribution in [3.8, 4) is 5.75 Å². The molecule has 35 heavy (non-hydrogen) atoms. The van der Waals surface area contributed by atoms with Crippen molar-refractivity contribution in [1.82, 2.24) is 0 Å². The van der Waals surface area contributed by atoms with Gasteiger partial charge < -0.3 is 9.47 Å². The lowest BCUT2D eigenvalue weighted by molar-refractivity contribution is -0.300. The lowest BCUT2D eigenvalue weighted by atomic mass is 9.78. The first-order chi connectivity index (χ1) is 16.8. The minimum absolute atomic E-state index is 0.192. The molecule has 192 valence electrons. The highest BCUT2D eigenvalue weighted by Crippen LogP contribution is 2.45. The van der Waals surface area contributed by atoms with Gasteiger partial charge >= 0.3 is 6.11 Å². The smallest absolute Gasteiger partial charge is 0.358 e. The average molecular weight is 497 g/mol. The number of hydrogen-bond acceptors (Lipinski definition) is 2. The summed E-state index contributed by atoms with van der Waals surface area (Å²) in [7, 11) is 0. The Kier molecular flexibility index (Phi) is 8.35.